The third-order valence-corrected chi connectivity index (χ3v) is 3.26. The number of furan rings is 1. The first-order valence-electron chi connectivity index (χ1n) is 5.33. The molecule has 0 saturated heterocycles. The van der Waals surface area contributed by atoms with Crippen molar-refractivity contribution in [1.29, 1.82) is 5.26 Å². The van der Waals surface area contributed by atoms with Gasteiger partial charge in [-0.1, -0.05) is 0 Å². The van der Waals surface area contributed by atoms with Gasteiger partial charge in [-0.2, -0.15) is 5.26 Å². The molecule has 0 saturated carbocycles. The van der Waals surface area contributed by atoms with Gasteiger partial charge in [0.15, 0.2) is 17.1 Å². The summed E-state index contributed by atoms with van der Waals surface area (Å²) in [6.07, 6.45) is 3.46. The quantitative estimate of drug-likeness (QED) is 0.691. The van der Waals surface area contributed by atoms with E-state index < -0.39 is 0 Å². The first-order chi connectivity index (χ1) is 8.70. The van der Waals surface area contributed by atoms with Crippen LogP contribution in [0.1, 0.15) is 11.3 Å². The van der Waals surface area contributed by atoms with Crippen LogP contribution in [0.15, 0.2) is 39.5 Å². The molecule has 3 rings (SSSR count). The standard InChI is InChI=1S/C13H8BrN3O/c1-8-5-9(14)13-16-12(11-3-2-4-18-11)10(6-15)17(13)7-8/h2-5,7H,1H3. The van der Waals surface area contributed by atoms with Gasteiger partial charge in [0, 0.05) is 6.20 Å². The molecule has 0 spiro atoms. The fraction of sp³-hybridized carbons (Fsp3) is 0.0769. The highest BCUT2D eigenvalue weighted by Gasteiger charge is 2.17. The zero-order valence-corrected chi connectivity index (χ0v) is 11.1. The molecule has 0 radical (unpaired) electrons. The average Bonchev–Trinajstić information content (AvgIpc) is 2.93. The number of nitrogens with zero attached hydrogens (tertiary/aromatic N) is 3. The van der Waals surface area contributed by atoms with Crippen molar-refractivity contribution >= 4 is 21.6 Å². The van der Waals surface area contributed by atoms with Crippen LogP contribution in [-0.4, -0.2) is 9.38 Å². The maximum atomic E-state index is 9.32. The van der Waals surface area contributed by atoms with Crippen LogP contribution in [0.25, 0.3) is 17.1 Å². The maximum absolute atomic E-state index is 9.32. The summed E-state index contributed by atoms with van der Waals surface area (Å²) in [7, 11) is 0. The van der Waals surface area contributed by atoms with Crippen LogP contribution in [-0.2, 0) is 0 Å². The lowest BCUT2D eigenvalue weighted by Gasteiger charge is -1.99. The molecule has 5 heteroatoms. The number of pyridine rings is 1. The van der Waals surface area contributed by atoms with Gasteiger partial charge in [0.25, 0.3) is 0 Å². The molecule has 0 bridgehead atoms. The van der Waals surface area contributed by atoms with E-state index in [1.807, 2.05) is 19.2 Å². The Morgan fingerprint density at radius 2 is 2.33 bits per heavy atom. The van der Waals surface area contributed by atoms with Gasteiger partial charge in [-0.25, -0.2) is 4.98 Å². The highest BCUT2D eigenvalue weighted by atomic mass is 79.9. The van der Waals surface area contributed by atoms with Gasteiger partial charge in [0.05, 0.1) is 10.7 Å². The molecular weight excluding hydrogens is 294 g/mol. The Morgan fingerprint density at radius 3 is 3.00 bits per heavy atom. The van der Waals surface area contributed by atoms with Crippen molar-refractivity contribution in [3.8, 4) is 17.5 Å². The third kappa shape index (κ3) is 1.54. The van der Waals surface area contributed by atoms with E-state index in [1.165, 1.54) is 0 Å². The molecular formula is C13H8BrN3O. The number of hydrogen-bond acceptors (Lipinski definition) is 3. The number of aromatic nitrogens is 2. The van der Waals surface area contributed by atoms with E-state index in [0.717, 1.165) is 10.0 Å². The molecule has 88 valence electrons. The summed E-state index contributed by atoms with van der Waals surface area (Å²) in [6.45, 7) is 1.97. The highest BCUT2D eigenvalue weighted by molar-refractivity contribution is 9.10. The molecule has 0 aliphatic heterocycles. The van der Waals surface area contributed by atoms with E-state index in [-0.39, 0.29) is 0 Å². The van der Waals surface area contributed by atoms with E-state index in [0.29, 0.717) is 22.8 Å². The largest absolute Gasteiger partial charge is 0.463 e. The average molecular weight is 302 g/mol. The molecule has 18 heavy (non-hydrogen) atoms. The van der Waals surface area contributed by atoms with Crippen molar-refractivity contribution in [1.82, 2.24) is 9.38 Å². The minimum atomic E-state index is 0.476. The molecule has 0 aliphatic rings. The summed E-state index contributed by atoms with van der Waals surface area (Å²) in [5.41, 5.74) is 2.80. The van der Waals surface area contributed by atoms with Gasteiger partial charge in [0.1, 0.15) is 11.8 Å². The Morgan fingerprint density at radius 1 is 1.50 bits per heavy atom. The van der Waals surface area contributed by atoms with Crippen molar-refractivity contribution in [3.63, 3.8) is 0 Å². The van der Waals surface area contributed by atoms with Crippen LogP contribution in [0, 0.1) is 18.3 Å². The van der Waals surface area contributed by atoms with E-state index in [9.17, 15) is 5.26 Å². The molecule has 0 aromatic carbocycles. The summed E-state index contributed by atoms with van der Waals surface area (Å²) in [5.74, 6) is 0.597. The summed E-state index contributed by atoms with van der Waals surface area (Å²) in [5, 5.41) is 9.32. The van der Waals surface area contributed by atoms with Gasteiger partial charge in [-0.15, -0.1) is 0 Å². The second-order valence-electron chi connectivity index (χ2n) is 3.96. The number of imidazole rings is 1. The number of hydrogen-bond donors (Lipinski definition) is 0. The lowest BCUT2D eigenvalue weighted by atomic mass is 10.2. The number of aryl methyl sites for hydroxylation is 1. The summed E-state index contributed by atoms with van der Waals surface area (Å²) in [4.78, 5) is 4.47. The summed E-state index contributed by atoms with van der Waals surface area (Å²) in [6, 6.07) is 7.72. The fourth-order valence-corrected chi connectivity index (χ4v) is 2.56. The van der Waals surface area contributed by atoms with E-state index in [4.69, 9.17) is 4.42 Å². The van der Waals surface area contributed by atoms with Crippen molar-refractivity contribution < 1.29 is 4.42 Å². The van der Waals surface area contributed by atoms with Gasteiger partial charge >= 0.3 is 0 Å². The molecule has 0 unspecified atom stereocenters. The van der Waals surface area contributed by atoms with Gasteiger partial charge in [-0.05, 0) is 46.6 Å². The molecule has 0 N–H and O–H groups in total. The minimum Gasteiger partial charge on any atom is -0.463 e. The third-order valence-electron chi connectivity index (χ3n) is 2.67. The number of fused-ring (bicyclic) bond motifs is 1. The van der Waals surface area contributed by atoms with Gasteiger partial charge < -0.3 is 4.42 Å². The van der Waals surface area contributed by atoms with Crippen molar-refractivity contribution in [3.05, 3.63) is 46.4 Å². The highest BCUT2D eigenvalue weighted by Crippen LogP contribution is 2.28. The monoisotopic (exact) mass is 301 g/mol. The van der Waals surface area contributed by atoms with Gasteiger partial charge in [-0.3, -0.25) is 4.40 Å². The number of nitriles is 1. The Hall–Kier alpha value is -2.06. The molecule has 3 aromatic rings. The maximum Gasteiger partial charge on any atom is 0.155 e. The molecule has 3 heterocycles. The second kappa shape index (κ2) is 4.00. The van der Waals surface area contributed by atoms with Crippen LogP contribution < -0.4 is 0 Å². The summed E-state index contributed by atoms with van der Waals surface area (Å²) >= 11 is 3.46. The molecule has 0 atom stereocenters. The predicted molar refractivity (Wildman–Crippen MR) is 70.0 cm³/mol. The van der Waals surface area contributed by atoms with Gasteiger partial charge in [0.2, 0.25) is 0 Å². The lowest BCUT2D eigenvalue weighted by Crippen LogP contribution is -1.91. The smallest absolute Gasteiger partial charge is 0.155 e. The molecule has 3 aromatic heterocycles. The Bertz CT molecular complexity index is 766. The first kappa shape index (κ1) is 11.1. The molecule has 0 fully saturated rings. The Kier molecular flexibility index (Phi) is 2.46. The van der Waals surface area contributed by atoms with Crippen LogP contribution in [0.2, 0.25) is 0 Å². The molecule has 4 nitrogen and oxygen atoms in total. The SMILES string of the molecule is Cc1cc(Br)c2nc(-c3ccco3)c(C#N)n2c1. The normalized spacial score (nSPS) is 10.7. The van der Waals surface area contributed by atoms with Crippen molar-refractivity contribution in [2.75, 3.05) is 0 Å². The van der Waals surface area contributed by atoms with Crippen LogP contribution >= 0.6 is 15.9 Å². The van der Waals surface area contributed by atoms with Crippen molar-refractivity contribution in [2.45, 2.75) is 6.92 Å². The number of rotatable bonds is 1. The molecule has 0 amide bonds. The van der Waals surface area contributed by atoms with Crippen molar-refractivity contribution in [2.24, 2.45) is 0 Å². The Balaban J connectivity index is 2.42. The fourth-order valence-electron chi connectivity index (χ4n) is 1.92. The van der Waals surface area contributed by atoms with Crippen LogP contribution in [0.5, 0.6) is 0 Å². The Labute approximate surface area is 112 Å². The first-order valence-corrected chi connectivity index (χ1v) is 6.12. The van der Waals surface area contributed by atoms with Crippen LogP contribution in [0.3, 0.4) is 0 Å². The van der Waals surface area contributed by atoms with E-state index in [2.05, 4.69) is 27.0 Å². The van der Waals surface area contributed by atoms with E-state index >= 15 is 0 Å². The van der Waals surface area contributed by atoms with E-state index in [1.54, 1.807) is 22.8 Å². The lowest BCUT2D eigenvalue weighted by molar-refractivity contribution is 0.580. The predicted octanol–water partition coefficient (Wildman–Crippen LogP) is 3.54. The summed E-state index contributed by atoms with van der Waals surface area (Å²) < 4.78 is 7.95. The topological polar surface area (TPSA) is 54.2 Å². The minimum absolute atomic E-state index is 0.476. The zero-order valence-electron chi connectivity index (χ0n) is 9.51. The number of halogens is 1. The molecule has 0 aliphatic carbocycles. The zero-order chi connectivity index (χ0) is 12.7. The second-order valence-corrected chi connectivity index (χ2v) is 4.81. The van der Waals surface area contributed by atoms with Crippen LogP contribution in [0.4, 0.5) is 0 Å².